The first kappa shape index (κ1) is 22.5. The molecule has 1 aliphatic heterocycles. The van der Waals surface area contributed by atoms with E-state index in [4.69, 9.17) is 26.4 Å². The number of hydrogen-bond acceptors (Lipinski definition) is 6. The van der Waals surface area contributed by atoms with Crippen molar-refractivity contribution in [3.05, 3.63) is 22.6 Å². The van der Waals surface area contributed by atoms with E-state index in [9.17, 15) is 4.79 Å². The molecule has 1 aromatic carbocycles. The Bertz CT molecular complexity index is 748. The number of nitrogens with zero attached hydrogens (tertiary/aromatic N) is 1. The van der Waals surface area contributed by atoms with E-state index in [1.165, 1.54) is 16.7 Å². The van der Waals surface area contributed by atoms with Gasteiger partial charge in [-0.15, -0.1) is 0 Å². The molecule has 2 rings (SSSR count). The molecule has 0 saturated carbocycles. The van der Waals surface area contributed by atoms with Crippen LogP contribution in [0.3, 0.4) is 0 Å². The summed E-state index contributed by atoms with van der Waals surface area (Å²) in [4.78, 5) is 16.7. The zero-order valence-corrected chi connectivity index (χ0v) is 18.8. The van der Waals surface area contributed by atoms with Crippen LogP contribution in [0.2, 0.25) is 0 Å². The highest BCUT2D eigenvalue weighted by Crippen LogP contribution is 2.38. The zero-order chi connectivity index (χ0) is 20.7. The number of rotatable bonds is 10. The molecule has 154 valence electrons. The molecule has 1 heterocycles. The molecule has 1 aliphatic rings. The number of benzene rings is 1. The van der Waals surface area contributed by atoms with Gasteiger partial charge in [0.1, 0.15) is 10.1 Å². The van der Waals surface area contributed by atoms with Crippen LogP contribution in [0.5, 0.6) is 17.2 Å². The number of hydrogen-bond donors (Lipinski definition) is 1. The van der Waals surface area contributed by atoms with E-state index in [0.717, 1.165) is 31.6 Å². The lowest BCUT2D eigenvalue weighted by atomic mass is 10.1. The third kappa shape index (κ3) is 5.18. The van der Waals surface area contributed by atoms with E-state index in [1.807, 2.05) is 0 Å². The maximum Gasteiger partial charge on any atom is 0.266 e. The standard InChI is InChI=1S/C20H28N2O4S2/c1-6-21(7-2)9-8-10-22-19(23)18(28-20(22)27)12-14-11-16(25-4)17(26-5)13-15(14)24-3/h11-13H,6-10H2,1-5H3/p+1/b18-12-. The van der Waals surface area contributed by atoms with Crippen LogP contribution in [-0.2, 0) is 4.79 Å². The van der Waals surface area contributed by atoms with Gasteiger partial charge in [0, 0.05) is 24.6 Å². The molecule has 0 aliphatic carbocycles. The third-order valence-corrected chi connectivity index (χ3v) is 6.19. The average Bonchev–Trinajstić information content (AvgIpc) is 2.97. The maximum absolute atomic E-state index is 12.9. The predicted octanol–water partition coefficient (Wildman–Crippen LogP) is 2.23. The fourth-order valence-electron chi connectivity index (χ4n) is 3.09. The monoisotopic (exact) mass is 425 g/mol. The summed E-state index contributed by atoms with van der Waals surface area (Å²) in [6.45, 7) is 8.22. The summed E-state index contributed by atoms with van der Waals surface area (Å²) in [5.74, 6) is 1.70. The first-order chi connectivity index (χ1) is 13.5. The first-order valence-electron chi connectivity index (χ1n) is 9.37. The minimum Gasteiger partial charge on any atom is -0.496 e. The van der Waals surface area contributed by atoms with Gasteiger partial charge in [-0.3, -0.25) is 9.69 Å². The second kappa shape index (κ2) is 10.7. The molecule has 1 saturated heterocycles. The summed E-state index contributed by atoms with van der Waals surface area (Å²) in [6, 6.07) is 3.55. The number of carbonyl (C=O) groups is 1. The Morgan fingerprint density at radius 1 is 1.07 bits per heavy atom. The highest BCUT2D eigenvalue weighted by molar-refractivity contribution is 8.26. The molecule has 0 spiro atoms. The minimum atomic E-state index is -0.0543. The van der Waals surface area contributed by atoms with E-state index in [2.05, 4.69) is 13.8 Å². The van der Waals surface area contributed by atoms with Crippen molar-refractivity contribution in [2.24, 2.45) is 0 Å². The van der Waals surface area contributed by atoms with Gasteiger partial charge in [-0.25, -0.2) is 0 Å². The lowest BCUT2D eigenvalue weighted by molar-refractivity contribution is -0.896. The smallest absolute Gasteiger partial charge is 0.266 e. The van der Waals surface area contributed by atoms with E-state index < -0.39 is 0 Å². The van der Waals surface area contributed by atoms with Crippen molar-refractivity contribution >= 4 is 40.3 Å². The maximum atomic E-state index is 12.9. The van der Waals surface area contributed by atoms with Gasteiger partial charge in [0.15, 0.2) is 11.5 Å². The number of thiocarbonyl (C=S) groups is 1. The molecule has 0 atom stereocenters. The van der Waals surface area contributed by atoms with Gasteiger partial charge in [-0.05, 0) is 26.0 Å². The van der Waals surface area contributed by atoms with E-state index >= 15 is 0 Å². The minimum absolute atomic E-state index is 0.0543. The Balaban J connectivity index is 2.19. The van der Waals surface area contributed by atoms with Crippen molar-refractivity contribution in [2.75, 3.05) is 47.5 Å². The molecule has 1 N–H and O–H groups in total. The molecule has 6 nitrogen and oxygen atoms in total. The van der Waals surface area contributed by atoms with Crippen molar-refractivity contribution in [1.82, 2.24) is 4.90 Å². The quantitative estimate of drug-likeness (QED) is 0.458. The fourth-order valence-corrected chi connectivity index (χ4v) is 4.39. The van der Waals surface area contributed by atoms with Crippen molar-refractivity contribution in [3.63, 3.8) is 0 Å². The number of ether oxygens (including phenoxy) is 3. The summed E-state index contributed by atoms with van der Waals surface area (Å²) in [5.41, 5.74) is 0.744. The third-order valence-electron chi connectivity index (χ3n) is 4.81. The molecular weight excluding hydrogens is 396 g/mol. The molecule has 8 heteroatoms. The second-order valence-electron chi connectivity index (χ2n) is 6.34. The van der Waals surface area contributed by atoms with Crippen molar-refractivity contribution in [3.8, 4) is 17.2 Å². The predicted molar refractivity (Wildman–Crippen MR) is 118 cm³/mol. The molecule has 0 aromatic heterocycles. The van der Waals surface area contributed by atoms with Crippen molar-refractivity contribution in [2.45, 2.75) is 20.3 Å². The Morgan fingerprint density at radius 3 is 2.25 bits per heavy atom. The summed E-state index contributed by atoms with van der Waals surface area (Å²) >= 11 is 6.76. The molecule has 0 unspecified atom stereocenters. The molecule has 28 heavy (non-hydrogen) atoms. The first-order valence-corrected chi connectivity index (χ1v) is 10.6. The van der Waals surface area contributed by atoms with Crippen molar-refractivity contribution in [1.29, 1.82) is 0 Å². The topological polar surface area (TPSA) is 52.4 Å². The Morgan fingerprint density at radius 2 is 1.68 bits per heavy atom. The van der Waals surface area contributed by atoms with Gasteiger partial charge in [0.2, 0.25) is 0 Å². The normalized spacial score (nSPS) is 15.6. The van der Waals surface area contributed by atoms with Crippen LogP contribution in [-0.4, -0.2) is 62.6 Å². The Labute approximate surface area is 176 Å². The summed E-state index contributed by atoms with van der Waals surface area (Å²) in [6.07, 6.45) is 2.73. The van der Waals surface area contributed by atoms with Crippen LogP contribution in [0.4, 0.5) is 0 Å². The number of quaternary nitrogens is 1. The lowest BCUT2D eigenvalue weighted by Gasteiger charge is -2.18. The van der Waals surface area contributed by atoms with E-state index in [-0.39, 0.29) is 5.91 Å². The number of methoxy groups -OCH3 is 3. The van der Waals surface area contributed by atoms with Gasteiger partial charge in [0.25, 0.3) is 5.91 Å². The van der Waals surface area contributed by atoms with Gasteiger partial charge < -0.3 is 19.1 Å². The molecule has 0 bridgehead atoms. The highest BCUT2D eigenvalue weighted by atomic mass is 32.2. The molecular formula is C20H29N2O4S2+. The Kier molecular flexibility index (Phi) is 8.59. The fraction of sp³-hybridized carbons (Fsp3) is 0.500. The van der Waals surface area contributed by atoms with Gasteiger partial charge in [-0.1, -0.05) is 24.0 Å². The van der Waals surface area contributed by atoms with E-state index in [1.54, 1.807) is 44.4 Å². The highest BCUT2D eigenvalue weighted by Gasteiger charge is 2.32. The average molecular weight is 426 g/mol. The number of carbonyl (C=O) groups excluding carboxylic acids is 1. The number of thioether (sulfide) groups is 1. The molecule has 1 fully saturated rings. The summed E-state index contributed by atoms with van der Waals surface area (Å²) < 4.78 is 16.7. The summed E-state index contributed by atoms with van der Waals surface area (Å²) in [5, 5.41) is 0. The molecule has 1 aromatic rings. The van der Waals surface area contributed by atoms with E-state index in [0.29, 0.717) is 33.0 Å². The SMILES string of the molecule is CC[NH+](CC)CCCN1C(=O)/C(=C/c2cc(OC)c(OC)cc2OC)SC1=S. The number of amides is 1. The molecule has 0 radical (unpaired) electrons. The molecule has 1 amide bonds. The number of nitrogens with one attached hydrogen (secondary N) is 1. The zero-order valence-electron chi connectivity index (χ0n) is 17.2. The second-order valence-corrected chi connectivity index (χ2v) is 8.02. The lowest BCUT2D eigenvalue weighted by Crippen LogP contribution is -3.11. The van der Waals surface area contributed by atoms with Crippen LogP contribution in [0.15, 0.2) is 17.0 Å². The Hall–Kier alpha value is -1.77. The van der Waals surface area contributed by atoms with Gasteiger partial charge in [0.05, 0.1) is 45.9 Å². The summed E-state index contributed by atoms with van der Waals surface area (Å²) in [7, 11) is 4.73. The largest absolute Gasteiger partial charge is 0.496 e. The van der Waals surface area contributed by atoms with Crippen LogP contribution < -0.4 is 19.1 Å². The van der Waals surface area contributed by atoms with Crippen LogP contribution in [0.25, 0.3) is 6.08 Å². The van der Waals surface area contributed by atoms with Crippen LogP contribution >= 0.6 is 24.0 Å². The van der Waals surface area contributed by atoms with Gasteiger partial charge in [-0.2, -0.15) is 0 Å². The van der Waals surface area contributed by atoms with Gasteiger partial charge >= 0.3 is 0 Å². The van der Waals surface area contributed by atoms with Crippen LogP contribution in [0.1, 0.15) is 25.8 Å². The van der Waals surface area contributed by atoms with Crippen molar-refractivity contribution < 1.29 is 23.9 Å². The van der Waals surface area contributed by atoms with Crippen LogP contribution in [0, 0.1) is 0 Å².